The molecular formula is C17H28N2S. The lowest BCUT2D eigenvalue weighted by molar-refractivity contribution is 0.830. The second-order valence-electron chi connectivity index (χ2n) is 6.01. The molecule has 1 rings (SSSR count). The molecule has 2 N–H and O–H groups in total. The first kappa shape index (κ1) is 17.0. The van der Waals surface area contributed by atoms with Crippen molar-refractivity contribution >= 4 is 23.0 Å². The Morgan fingerprint density at radius 2 is 1.60 bits per heavy atom. The molecule has 0 amide bonds. The summed E-state index contributed by atoms with van der Waals surface area (Å²) >= 11 is 5.40. The minimum atomic E-state index is 0.476. The first-order valence-corrected chi connectivity index (χ1v) is 7.96. The van der Waals surface area contributed by atoms with E-state index >= 15 is 0 Å². The Hall–Kier alpha value is -1.09. The van der Waals surface area contributed by atoms with E-state index in [1.54, 1.807) is 0 Å². The zero-order valence-electron chi connectivity index (χ0n) is 13.6. The van der Waals surface area contributed by atoms with Crippen molar-refractivity contribution in [2.45, 2.75) is 59.8 Å². The van der Waals surface area contributed by atoms with Gasteiger partial charge in [0.05, 0.1) is 0 Å². The number of anilines is 1. The summed E-state index contributed by atoms with van der Waals surface area (Å²) < 4.78 is 0. The normalized spacial score (nSPS) is 11.0. The highest BCUT2D eigenvalue weighted by atomic mass is 32.1. The van der Waals surface area contributed by atoms with E-state index < -0.39 is 0 Å². The van der Waals surface area contributed by atoms with Crippen LogP contribution < -0.4 is 10.6 Å². The molecule has 0 atom stereocenters. The second-order valence-corrected chi connectivity index (χ2v) is 6.42. The van der Waals surface area contributed by atoms with Crippen molar-refractivity contribution in [1.29, 1.82) is 0 Å². The predicted octanol–water partition coefficient (Wildman–Crippen LogP) is 4.94. The number of thiocarbonyl (C=S) groups is 1. The van der Waals surface area contributed by atoms with E-state index in [0.29, 0.717) is 11.8 Å². The van der Waals surface area contributed by atoms with Gasteiger partial charge in [-0.25, -0.2) is 0 Å². The summed E-state index contributed by atoms with van der Waals surface area (Å²) in [4.78, 5) is 0. The second kappa shape index (κ2) is 7.63. The Morgan fingerprint density at radius 3 is 2.00 bits per heavy atom. The molecule has 0 bridgehead atoms. The molecular weight excluding hydrogens is 264 g/mol. The number of rotatable bonds is 5. The molecule has 0 aliphatic heterocycles. The molecule has 0 spiro atoms. The third-order valence-electron chi connectivity index (χ3n) is 3.36. The van der Waals surface area contributed by atoms with Gasteiger partial charge in [-0.1, -0.05) is 52.3 Å². The van der Waals surface area contributed by atoms with Crippen LogP contribution in [-0.4, -0.2) is 11.7 Å². The standard InChI is InChI=1S/C17H28N2S/c1-7-8-18-17(20)19-16-14(11(2)3)9-13(6)10-15(16)12(4)5/h9-12H,7-8H2,1-6H3,(H2,18,19,20). The van der Waals surface area contributed by atoms with Crippen molar-refractivity contribution in [2.75, 3.05) is 11.9 Å². The molecule has 0 saturated heterocycles. The van der Waals surface area contributed by atoms with Gasteiger partial charge >= 0.3 is 0 Å². The van der Waals surface area contributed by atoms with Crippen LogP contribution in [0.3, 0.4) is 0 Å². The van der Waals surface area contributed by atoms with Crippen LogP contribution >= 0.6 is 12.2 Å². The van der Waals surface area contributed by atoms with Gasteiger partial charge in [-0.05, 0) is 48.5 Å². The van der Waals surface area contributed by atoms with Crippen LogP contribution in [0.4, 0.5) is 5.69 Å². The fourth-order valence-corrected chi connectivity index (χ4v) is 2.50. The van der Waals surface area contributed by atoms with Crippen LogP contribution in [0.5, 0.6) is 0 Å². The molecule has 3 heteroatoms. The molecule has 0 aliphatic rings. The summed E-state index contributed by atoms with van der Waals surface area (Å²) in [6.07, 6.45) is 1.07. The molecule has 112 valence electrons. The van der Waals surface area contributed by atoms with E-state index in [1.807, 2.05) is 0 Å². The molecule has 0 aromatic heterocycles. The van der Waals surface area contributed by atoms with Gasteiger partial charge in [0.1, 0.15) is 0 Å². The third-order valence-corrected chi connectivity index (χ3v) is 3.61. The molecule has 0 radical (unpaired) electrons. The summed E-state index contributed by atoms with van der Waals surface area (Å²) in [6, 6.07) is 4.53. The highest BCUT2D eigenvalue weighted by Gasteiger charge is 2.15. The number of hydrogen-bond donors (Lipinski definition) is 2. The van der Waals surface area contributed by atoms with Crippen molar-refractivity contribution in [3.63, 3.8) is 0 Å². The van der Waals surface area contributed by atoms with Crippen molar-refractivity contribution in [2.24, 2.45) is 0 Å². The van der Waals surface area contributed by atoms with Gasteiger partial charge in [0, 0.05) is 12.2 Å². The van der Waals surface area contributed by atoms with Crippen molar-refractivity contribution < 1.29 is 0 Å². The van der Waals surface area contributed by atoms with Gasteiger partial charge in [-0.2, -0.15) is 0 Å². The number of benzene rings is 1. The molecule has 20 heavy (non-hydrogen) atoms. The van der Waals surface area contributed by atoms with Crippen LogP contribution in [0.1, 0.15) is 69.6 Å². The zero-order valence-corrected chi connectivity index (χ0v) is 14.4. The Bertz CT molecular complexity index is 435. The molecule has 1 aromatic carbocycles. The SMILES string of the molecule is CCCNC(=S)Nc1c(C(C)C)cc(C)cc1C(C)C. The Morgan fingerprint density at radius 1 is 1.10 bits per heavy atom. The smallest absolute Gasteiger partial charge is 0.170 e. The largest absolute Gasteiger partial charge is 0.362 e. The molecule has 0 saturated carbocycles. The summed E-state index contributed by atoms with van der Waals surface area (Å²) in [5, 5.41) is 7.39. The summed E-state index contributed by atoms with van der Waals surface area (Å²) in [5.74, 6) is 0.952. The highest BCUT2D eigenvalue weighted by Crippen LogP contribution is 2.33. The lowest BCUT2D eigenvalue weighted by atomic mass is 9.90. The Balaban J connectivity index is 3.16. The molecule has 0 unspecified atom stereocenters. The molecule has 1 aromatic rings. The first-order chi connectivity index (χ1) is 9.36. The average molecular weight is 292 g/mol. The topological polar surface area (TPSA) is 24.1 Å². The van der Waals surface area contributed by atoms with Crippen LogP contribution in [0, 0.1) is 6.92 Å². The van der Waals surface area contributed by atoms with Gasteiger partial charge < -0.3 is 10.6 Å². The molecule has 2 nitrogen and oxygen atoms in total. The molecule has 0 fully saturated rings. The van der Waals surface area contributed by atoms with E-state index in [1.165, 1.54) is 22.4 Å². The van der Waals surface area contributed by atoms with E-state index in [-0.39, 0.29) is 0 Å². The third kappa shape index (κ3) is 4.48. The van der Waals surface area contributed by atoms with E-state index in [0.717, 1.165) is 18.1 Å². The van der Waals surface area contributed by atoms with Crippen LogP contribution in [0.2, 0.25) is 0 Å². The number of nitrogens with one attached hydrogen (secondary N) is 2. The Labute approximate surface area is 129 Å². The van der Waals surface area contributed by atoms with E-state index in [9.17, 15) is 0 Å². The van der Waals surface area contributed by atoms with E-state index in [2.05, 4.69) is 64.3 Å². The maximum absolute atomic E-state index is 5.40. The fourth-order valence-electron chi connectivity index (χ4n) is 2.29. The maximum Gasteiger partial charge on any atom is 0.170 e. The quantitative estimate of drug-likeness (QED) is 0.752. The summed E-state index contributed by atoms with van der Waals surface area (Å²) in [5.41, 5.74) is 5.19. The predicted molar refractivity (Wildman–Crippen MR) is 93.9 cm³/mol. The van der Waals surface area contributed by atoms with Gasteiger partial charge in [-0.3, -0.25) is 0 Å². The van der Waals surface area contributed by atoms with Gasteiger partial charge in [0.15, 0.2) is 5.11 Å². The lowest BCUT2D eigenvalue weighted by Gasteiger charge is -2.22. The minimum Gasteiger partial charge on any atom is -0.362 e. The fraction of sp³-hybridized carbons (Fsp3) is 0.588. The average Bonchev–Trinajstić information content (AvgIpc) is 2.37. The van der Waals surface area contributed by atoms with Crippen LogP contribution in [0.25, 0.3) is 0 Å². The summed E-state index contributed by atoms with van der Waals surface area (Å²) in [6.45, 7) is 14.1. The maximum atomic E-state index is 5.40. The zero-order chi connectivity index (χ0) is 15.3. The summed E-state index contributed by atoms with van der Waals surface area (Å²) in [7, 11) is 0. The van der Waals surface area contributed by atoms with Gasteiger partial charge in [0.25, 0.3) is 0 Å². The number of hydrogen-bond acceptors (Lipinski definition) is 1. The lowest BCUT2D eigenvalue weighted by Crippen LogP contribution is -2.30. The first-order valence-electron chi connectivity index (χ1n) is 7.56. The van der Waals surface area contributed by atoms with Crippen molar-refractivity contribution in [3.8, 4) is 0 Å². The Kier molecular flexibility index (Phi) is 6.47. The van der Waals surface area contributed by atoms with Crippen LogP contribution in [0.15, 0.2) is 12.1 Å². The number of aryl methyl sites for hydroxylation is 1. The molecule has 0 aliphatic carbocycles. The highest BCUT2D eigenvalue weighted by molar-refractivity contribution is 7.80. The van der Waals surface area contributed by atoms with Gasteiger partial charge in [0.2, 0.25) is 0 Å². The van der Waals surface area contributed by atoms with E-state index in [4.69, 9.17) is 12.2 Å². The monoisotopic (exact) mass is 292 g/mol. The minimum absolute atomic E-state index is 0.476. The van der Waals surface area contributed by atoms with Crippen LogP contribution in [-0.2, 0) is 0 Å². The van der Waals surface area contributed by atoms with Crippen molar-refractivity contribution in [3.05, 3.63) is 28.8 Å². The van der Waals surface area contributed by atoms with Gasteiger partial charge in [-0.15, -0.1) is 0 Å². The van der Waals surface area contributed by atoms with Crippen molar-refractivity contribution in [1.82, 2.24) is 5.32 Å². The molecule has 0 heterocycles.